The van der Waals surface area contributed by atoms with E-state index in [0.717, 1.165) is 33.9 Å². The molecule has 0 aliphatic carbocycles. The van der Waals surface area contributed by atoms with Crippen LogP contribution in [0.15, 0.2) is 52.3 Å². The molecule has 4 rings (SSSR count). The summed E-state index contributed by atoms with van der Waals surface area (Å²) in [5, 5.41) is 30.5. The van der Waals surface area contributed by atoms with Crippen LogP contribution in [-0.4, -0.2) is 20.2 Å². The van der Waals surface area contributed by atoms with Gasteiger partial charge in [-0.2, -0.15) is 5.11 Å². The maximum absolute atomic E-state index is 14.0. The average Bonchev–Trinajstić information content (AvgIpc) is 3.34. The van der Waals surface area contributed by atoms with Crippen LogP contribution >= 0.6 is 22.7 Å². The van der Waals surface area contributed by atoms with Crippen LogP contribution in [0.4, 0.5) is 14.6 Å². The maximum atomic E-state index is 14.0. The highest BCUT2D eigenvalue weighted by Gasteiger charge is 2.22. The third-order valence-corrected chi connectivity index (χ3v) is 6.30. The van der Waals surface area contributed by atoms with Gasteiger partial charge in [-0.1, -0.05) is 6.07 Å². The summed E-state index contributed by atoms with van der Waals surface area (Å²) in [6.07, 6.45) is -0.157. The molecule has 0 saturated heterocycles. The molecule has 0 saturated carbocycles. The van der Waals surface area contributed by atoms with Crippen molar-refractivity contribution in [1.82, 2.24) is 9.97 Å². The van der Waals surface area contributed by atoms with Crippen molar-refractivity contribution in [3.8, 4) is 0 Å². The van der Waals surface area contributed by atoms with Crippen molar-refractivity contribution in [2.45, 2.75) is 19.3 Å². The van der Waals surface area contributed by atoms with Crippen molar-refractivity contribution in [2.75, 3.05) is 0 Å². The monoisotopic (exact) mass is 432 g/mol. The van der Waals surface area contributed by atoms with Crippen molar-refractivity contribution >= 4 is 38.7 Å². The molecule has 0 radical (unpaired) electrons. The smallest absolute Gasteiger partial charge is 0.185 e. The van der Waals surface area contributed by atoms with Crippen LogP contribution in [-0.2, 0) is 13.2 Å². The molecular weight excluding hydrogens is 418 g/mol. The van der Waals surface area contributed by atoms with E-state index in [0.29, 0.717) is 27.5 Å². The Morgan fingerprint density at radius 2 is 1.93 bits per heavy atom. The summed E-state index contributed by atoms with van der Waals surface area (Å²) in [5.41, 5.74) is 0.388. The molecule has 0 fully saturated rings. The summed E-state index contributed by atoms with van der Waals surface area (Å²) < 4.78 is 28.0. The second-order valence-corrected chi connectivity index (χ2v) is 8.09. The van der Waals surface area contributed by atoms with Crippen molar-refractivity contribution in [1.29, 1.82) is 0 Å². The van der Waals surface area contributed by atoms with E-state index in [1.165, 1.54) is 23.7 Å². The van der Waals surface area contributed by atoms with Crippen molar-refractivity contribution in [2.24, 2.45) is 10.2 Å². The van der Waals surface area contributed by atoms with E-state index < -0.39 is 23.3 Å². The topological polar surface area (TPSA) is 91.0 Å². The summed E-state index contributed by atoms with van der Waals surface area (Å²) >= 11 is 2.57. The van der Waals surface area contributed by atoms with Gasteiger partial charge in [0.2, 0.25) is 0 Å². The van der Waals surface area contributed by atoms with Gasteiger partial charge in [-0.25, -0.2) is 18.7 Å². The predicted molar refractivity (Wildman–Crippen MR) is 106 cm³/mol. The molecule has 6 nitrogen and oxygen atoms in total. The Morgan fingerprint density at radius 3 is 2.69 bits per heavy atom. The lowest BCUT2D eigenvalue weighted by atomic mass is 10.1. The Hall–Kier alpha value is -2.66. The number of halogens is 2. The number of aliphatic hydroxyl groups excluding tert-OH is 2. The minimum Gasteiger partial charge on any atom is -0.392 e. The Labute approximate surface area is 171 Å². The van der Waals surface area contributed by atoms with E-state index in [1.807, 2.05) is 11.4 Å². The molecular formula is C19H14F2N4O2S2. The fraction of sp³-hybridized carbons (Fsp3) is 0.158. The summed E-state index contributed by atoms with van der Waals surface area (Å²) in [6.45, 7) is 0.226. The largest absolute Gasteiger partial charge is 0.392 e. The number of thiophene rings is 2. The molecule has 29 heavy (non-hydrogen) atoms. The molecule has 3 heterocycles. The number of aliphatic hydroxyl groups is 2. The molecule has 2 N–H and O–H groups in total. The van der Waals surface area contributed by atoms with E-state index in [2.05, 4.69) is 20.2 Å². The normalized spacial score (nSPS) is 12.8. The van der Waals surface area contributed by atoms with Crippen LogP contribution in [0.1, 0.15) is 27.0 Å². The van der Waals surface area contributed by atoms with Crippen LogP contribution in [0, 0.1) is 11.6 Å². The van der Waals surface area contributed by atoms with Gasteiger partial charge >= 0.3 is 0 Å². The van der Waals surface area contributed by atoms with Crippen molar-refractivity contribution in [3.63, 3.8) is 0 Å². The Bertz CT molecular complexity index is 1170. The summed E-state index contributed by atoms with van der Waals surface area (Å²) in [6, 6.07) is 6.83. The van der Waals surface area contributed by atoms with Gasteiger partial charge in [-0.3, -0.25) is 0 Å². The molecule has 1 aromatic carbocycles. The van der Waals surface area contributed by atoms with Gasteiger partial charge in [0, 0.05) is 9.75 Å². The Balaban J connectivity index is 1.64. The van der Waals surface area contributed by atoms with Gasteiger partial charge < -0.3 is 10.2 Å². The number of rotatable bonds is 6. The molecule has 4 aromatic rings. The molecule has 10 heteroatoms. The third kappa shape index (κ3) is 3.92. The zero-order valence-corrected chi connectivity index (χ0v) is 16.4. The van der Waals surface area contributed by atoms with Gasteiger partial charge in [-0.05, 0) is 35.2 Å². The minimum atomic E-state index is -1.47. The number of nitrogens with zero attached hydrogens (tertiary/aromatic N) is 4. The molecule has 1 unspecified atom stereocenters. The SMILES string of the molecule is OCc1ccsc1CN=Nc1ncnc2sc(C(O)c3c(F)cccc3F)cc12. The lowest BCUT2D eigenvalue weighted by Crippen LogP contribution is -2.03. The fourth-order valence-electron chi connectivity index (χ4n) is 2.80. The highest BCUT2D eigenvalue weighted by Crippen LogP contribution is 2.37. The van der Waals surface area contributed by atoms with Crippen LogP contribution in [0.5, 0.6) is 0 Å². The number of aromatic nitrogens is 2. The third-order valence-electron chi connectivity index (χ3n) is 4.26. The maximum Gasteiger partial charge on any atom is 0.185 e. The van der Waals surface area contributed by atoms with Gasteiger partial charge in [-0.15, -0.1) is 27.8 Å². The number of azo groups is 1. The zero-order chi connectivity index (χ0) is 20.4. The predicted octanol–water partition coefficient (Wildman–Crippen LogP) is 4.89. The molecule has 1 atom stereocenters. The molecule has 148 valence electrons. The van der Waals surface area contributed by atoms with Crippen molar-refractivity contribution < 1.29 is 19.0 Å². The number of benzene rings is 1. The lowest BCUT2D eigenvalue weighted by Gasteiger charge is -2.10. The molecule has 0 aliphatic heterocycles. The van der Waals surface area contributed by atoms with Crippen molar-refractivity contribution in [3.05, 3.63) is 74.6 Å². The Kier molecular flexibility index (Phi) is 5.67. The number of hydrogen-bond donors (Lipinski definition) is 2. The number of fused-ring (bicyclic) bond motifs is 1. The van der Waals surface area contributed by atoms with E-state index in [4.69, 9.17) is 0 Å². The second kappa shape index (κ2) is 8.37. The fourth-order valence-corrected chi connectivity index (χ4v) is 4.61. The van der Waals surface area contributed by atoms with Crippen LogP contribution in [0.25, 0.3) is 10.2 Å². The molecule has 0 spiro atoms. The van der Waals surface area contributed by atoms with E-state index in [9.17, 15) is 19.0 Å². The Morgan fingerprint density at radius 1 is 1.14 bits per heavy atom. The first-order valence-electron chi connectivity index (χ1n) is 8.48. The van der Waals surface area contributed by atoms with E-state index >= 15 is 0 Å². The van der Waals surface area contributed by atoms with Crippen LogP contribution in [0.2, 0.25) is 0 Å². The molecule has 0 amide bonds. The first-order valence-corrected chi connectivity index (χ1v) is 10.2. The van der Waals surface area contributed by atoms with Crippen LogP contribution in [0.3, 0.4) is 0 Å². The van der Waals surface area contributed by atoms with E-state index in [1.54, 1.807) is 6.07 Å². The van der Waals surface area contributed by atoms with Gasteiger partial charge in [0.1, 0.15) is 28.9 Å². The van der Waals surface area contributed by atoms with Gasteiger partial charge in [0.25, 0.3) is 0 Å². The summed E-state index contributed by atoms with van der Waals surface area (Å²) in [5.74, 6) is -1.35. The first kappa shape index (κ1) is 19.6. The van der Waals surface area contributed by atoms with Crippen LogP contribution < -0.4 is 0 Å². The van der Waals surface area contributed by atoms with E-state index in [-0.39, 0.29) is 6.61 Å². The quantitative estimate of drug-likeness (QED) is 0.425. The summed E-state index contributed by atoms with van der Waals surface area (Å²) in [4.78, 5) is 10.00. The van der Waals surface area contributed by atoms with Gasteiger partial charge in [0.15, 0.2) is 5.82 Å². The minimum absolute atomic E-state index is 0.0650. The lowest BCUT2D eigenvalue weighted by molar-refractivity contribution is 0.213. The average molecular weight is 432 g/mol. The first-order chi connectivity index (χ1) is 14.1. The molecule has 0 bridgehead atoms. The highest BCUT2D eigenvalue weighted by molar-refractivity contribution is 7.18. The highest BCUT2D eigenvalue weighted by atomic mass is 32.1. The van der Waals surface area contributed by atoms with Gasteiger partial charge in [0.05, 0.1) is 24.1 Å². The standard InChI is InChI=1S/C19H14F2N4O2S2/c20-12-2-1-3-13(21)16(12)17(27)14-6-11-18(22-9-23-19(11)29-14)25-24-7-15-10(8-26)4-5-28-15/h1-6,9,17,26-27H,7-8H2. The molecule has 3 aromatic heterocycles. The second-order valence-electron chi connectivity index (χ2n) is 6.03. The summed E-state index contributed by atoms with van der Waals surface area (Å²) in [7, 11) is 0. The number of hydrogen-bond acceptors (Lipinski definition) is 8. The molecule has 0 aliphatic rings. The zero-order valence-electron chi connectivity index (χ0n) is 14.8.